The van der Waals surface area contributed by atoms with Gasteiger partial charge in [0.05, 0.1) is 6.61 Å². The molecule has 3 aromatic rings. The van der Waals surface area contributed by atoms with E-state index in [0.717, 1.165) is 12.0 Å². The number of amides is 2. The molecule has 0 saturated heterocycles. The predicted octanol–water partition coefficient (Wildman–Crippen LogP) is 3.87. The molecule has 0 heterocycles. The summed E-state index contributed by atoms with van der Waals surface area (Å²) in [6.07, 6.45) is 1.63. The highest BCUT2D eigenvalue weighted by atomic mass is 16.5. The second-order valence-corrected chi connectivity index (χ2v) is 7.36. The van der Waals surface area contributed by atoms with Crippen molar-refractivity contribution in [2.75, 3.05) is 19.7 Å². The Balaban J connectivity index is 1.63. The van der Waals surface area contributed by atoms with Crippen molar-refractivity contribution in [3.8, 4) is 5.75 Å². The lowest BCUT2D eigenvalue weighted by Gasteiger charge is -2.22. The van der Waals surface area contributed by atoms with Gasteiger partial charge in [-0.25, -0.2) is 0 Å². The third kappa shape index (κ3) is 7.30. The Labute approximate surface area is 183 Å². The number of ether oxygens (including phenoxy) is 1. The van der Waals surface area contributed by atoms with Gasteiger partial charge in [-0.15, -0.1) is 0 Å². The van der Waals surface area contributed by atoms with Crippen LogP contribution in [0.15, 0.2) is 84.9 Å². The number of carbonyl (C=O) groups is 2. The first-order valence-electron chi connectivity index (χ1n) is 10.5. The van der Waals surface area contributed by atoms with Gasteiger partial charge < -0.3 is 15.4 Å². The van der Waals surface area contributed by atoms with E-state index in [1.54, 1.807) is 17.0 Å². The van der Waals surface area contributed by atoms with Crippen molar-refractivity contribution in [1.82, 2.24) is 4.90 Å². The summed E-state index contributed by atoms with van der Waals surface area (Å²) in [4.78, 5) is 26.1. The molecule has 0 bridgehead atoms. The highest BCUT2D eigenvalue weighted by Gasteiger charge is 2.17. The van der Waals surface area contributed by atoms with Crippen molar-refractivity contribution < 1.29 is 14.3 Å². The fourth-order valence-electron chi connectivity index (χ4n) is 3.30. The zero-order valence-corrected chi connectivity index (χ0v) is 17.6. The third-order valence-electron chi connectivity index (χ3n) is 5.01. The maximum Gasteiger partial charge on any atom is 0.254 e. The van der Waals surface area contributed by atoms with Crippen LogP contribution in [0.25, 0.3) is 0 Å². The molecule has 0 unspecified atom stereocenters. The largest absolute Gasteiger partial charge is 0.493 e. The number of primary amides is 1. The van der Waals surface area contributed by atoms with Gasteiger partial charge in [0.15, 0.2) is 0 Å². The van der Waals surface area contributed by atoms with Crippen LogP contribution < -0.4 is 10.5 Å². The van der Waals surface area contributed by atoms with E-state index in [2.05, 4.69) is 12.1 Å². The van der Waals surface area contributed by atoms with Crippen LogP contribution in [0.2, 0.25) is 0 Å². The first-order chi connectivity index (χ1) is 15.1. The summed E-state index contributed by atoms with van der Waals surface area (Å²) in [6, 6.07) is 27.3. The molecular formula is C26H28N2O3. The number of hydrogen-bond acceptors (Lipinski definition) is 3. The summed E-state index contributed by atoms with van der Waals surface area (Å²) in [5.74, 6) is 0.0980. The Bertz CT molecular complexity index is 974. The fraction of sp³-hybridized carbons (Fsp3) is 0.231. The van der Waals surface area contributed by atoms with Gasteiger partial charge in [-0.1, -0.05) is 66.7 Å². The summed E-state index contributed by atoms with van der Waals surface area (Å²) in [5, 5.41) is 0. The summed E-state index contributed by atoms with van der Waals surface area (Å²) >= 11 is 0. The van der Waals surface area contributed by atoms with Crippen molar-refractivity contribution in [2.24, 2.45) is 5.73 Å². The average molecular weight is 417 g/mol. The molecule has 5 nitrogen and oxygen atoms in total. The summed E-state index contributed by atoms with van der Waals surface area (Å²) < 4.78 is 5.86. The molecule has 3 rings (SSSR count). The van der Waals surface area contributed by atoms with Crippen LogP contribution in [-0.4, -0.2) is 36.4 Å². The zero-order valence-electron chi connectivity index (χ0n) is 17.6. The summed E-state index contributed by atoms with van der Waals surface area (Å²) in [7, 11) is 0. The van der Waals surface area contributed by atoms with Crippen LogP contribution in [0.4, 0.5) is 0 Å². The molecule has 0 spiro atoms. The van der Waals surface area contributed by atoms with Gasteiger partial charge in [-0.2, -0.15) is 0 Å². The first-order valence-corrected chi connectivity index (χ1v) is 10.5. The Hall–Kier alpha value is -3.60. The van der Waals surface area contributed by atoms with E-state index < -0.39 is 5.91 Å². The zero-order chi connectivity index (χ0) is 21.9. The Morgan fingerprint density at radius 2 is 1.42 bits per heavy atom. The van der Waals surface area contributed by atoms with E-state index in [1.165, 1.54) is 5.56 Å². The molecule has 0 aromatic heterocycles. The van der Waals surface area contributed by atoms with Gasteiger partial charge in [0.25, 0.3) is 5.91 Å². The Morgan fingerprint density at radius 1 is 0.774 bits per heavy atom. The highest BCUT2D eigenvalue weighted by molar-refractivity contribution is 5.94. The van der Waals surface area contributed by atoms with Crippen LogP contribution in [0, 0.1) is 0 Å². The fourth-order valence-corrected chi connectivity index (χ4v) is 3.30. The molecule has 31 heavy (non-hydrogen) atoms. The summed E-state index contributed by atoms with van der Waals surface area (Å²) in [6.45, 7) is 1.33. The van der Waals surface area contributed by atoms with Gasteiger partial charge in [0, 0.05) is 31.5 Å². The van der Waals surface area contributed by atoms with Crippen LogP contribution in [0.1, 0.15) is 27.9 Å². The Morgan fingerprint density at radius 3 is 2.06 bits per heavy atom. The minimum Gasteiger partial charge on any atom is -0.493 e. The van der Waals surface area contributed by atoms with Crippen LogP contribution in [0.5, 0.6) is 5.75 Å². The Kier molecular flexibility index (Phi) is 8.23. The van der Waals surface area contributed by atoms with E-state index in [-0.39, 0.29) is 12.3 Å². The molecule has 3 aromatic carbocycles. The third-order valence-corrected chi connectivity index (χ3v) is 5.01. The SMILES string of the molecule is NC(=O)CCN(CCc1ccccc1)C(=O)c1cccc(OCCc2ccccc2)c1. The molecule has 2 N–H and O–H groups in total. The van der Waals surface area contributed by atoms with Gasteiger partial charge in [-0.3, -0.25) is 9.59 Å². The molecule has 5 heteroatoms. The van der Waals surface area contributed by atoms with Crippen molar-refractivity contribution in [3.63, 3.8) is 0 Å². The van der Waals surface area contributed by atoms with E-state index in [4.69, 9.17) is 10.5 Å². The van der Waals surface area contributed by atoms with Gasteiger partial charge in [-0.05, 0) is 35.7 Å². The molecule has 0 fully saturated rings. The average Bonchev–Trinajstić information content (AvgIpc) is 2.80. The number of carbonyl (C=O) groups excluding carboxylic acids is 2. The van der Waals surface area contributed by atoms with Crippen LogP contribution in [0.3, 0.4) is 0 Å². The molecule has 0 aliphatic rings. The van der Waals surface area contributed by atoms with Crippen molar-refractivity contribution in [1.29, 1.82) is 0 Å². The minimum absolute atomic E-state index is 0.133. The molecular weight excluding hydrogens is 388 g/mol. The number of nitrogens with two attached hydrogens (primary N) is 1. The predicted molar refractivity (Wildman–Crippen MR) is 122 cm³/mol. The van der Waals surface area contributed by atoms with E-state index in [9.17, 15) is 9.59 Å². The minimum atomic E-state index is -0.421. The smallest absolute Gasteiger partial charge is 0.254 e. The maximum absolute atomic E-state index is 13.1. The van der Waals surface area contributed by atoms with Crippen molar-refractivity contribution in [3.05, 3.63) is 102 Å². The number of rotatable bonds is 11. The van der Waals surface area contributed by atoms with Gasteiger partial charge in [0.2, 0.25) is 5.91 Å². The summed E-state index contributed by atoms with van der Waals surface area (Å²) in [5.41, 5.74) is 8.19. The standard InChI is InChI=1S/C26H28N2O3/c27-25(29)15-18-28(17-14-21-8-3-1-4-9-21)26(30)23-12-7-13-24(20-23)31-19-16-22-10-5-2-6-11-22/h1-13,20H,14-19H2,(H2,27,29). The van der Waals surface area contributed by atoms with E-state index in [1.807, 2.05) is 60.7 Å². The lowest BCUT2D eigenvalue weighted by molar-refractivity contribution is -0.118. The highest BCUT2D eigenvalue weighted by Crippen LogP contribution is 2.16. The first kappa shape index (κ1) is 22.1. The van der Waals surface area contributed by atoms with Crippen molar-refractivity contribution >= 4 is 11.8 Å². The quantitative estimate of drug-likeness (QED) is 0.516. The number of nitrogens with zero attached hydrogens (tertiary/aromatic N) is 1. The molecule has 160 valence electrons. The topological polar surface area (TPSA) is 72.6 Å². The van der Waals surface area contributed by atoms with Crippen LogP contribution >= 0.6 is 0 Å². The van der Waals surface area contributed by atoms with Gasteiger partial charge in [0.1, 0.15) is 5.75 Å². The lowest BCUT2D eigenvalue weighted by Crippen LogP contribution is -2.35. The van der Waals surface area contributed by atoms with E-state index in [0.29, 0.717) is 37.4 Å². The molecule has 2 amide bonds. The van der Waals surface area contributed by atoms with E-state index >= 15 is 0 Å². The molecule has 0 saturated carbocycles. The number of hydrogen-bond donors (Lipinski definition) is 1. The van der Waals surface area contributed by atoms with Crippen molar-refractivity contribution in [2.45, 2.75) is 19.3 Å². The second kappa shape index (κ2) is 11.6. The molecule has 0 atom stereocenters. The monoisotopic (exact) mass is 416 g/mol. The lowest BCUT2D eigenvalue weighted by atomic mass is 10.1. The second-order valence-electron chi connectivity index (χ2n) is 7.36. The van der Waals surface area contributed by atoms with Crippen LogP contribution in [-0.2, 0) is 17.6 Å². The normalized spacial score (nSPS) is 10.5. The maximum atomic E-state index is 13.1. The molecule has 0 radical (unpaired) electrons. The number of benzene rings is 3. The van der Waals surface area contributed by atoms with Gasteiger partial charge >= 0.3 is 0 Å². The molecule has 0 aliphatic carbocycles. The molecule has 0 aliphatic heterocycles.